The number of benzene rings is 2. The normalized spacial score (nSPS) is 34.3. The van der Waals surface area contributed by atoms with Crippen LogP contribution in [0.25, 0.3) is 0 Å². The minimum absolute atomic E-state index is 0.00774. The van der Waals surface area contributed by atoms with Gasteiger partial charge in [-0.2, -0.15) is 0 Å². The summed E-state index contributed by atoms with van der Waals surface area (Å²) in [6.45, 7) is 5.84. The zero-order chi connectivity index (χ0) is 40.8. The number of hydrogen-bond donors (Lipinski definition) is 1. The third-order valence-corrected chi connectivity index (χ3v) is 15.2. The van der Waals surface area contributed by atoms with Crippen LogP contribution in [-0.2, 0) is 47.5 Å². The molecule has 12 heteroatoms. The Kier molecular flexibility index (Phi) is 9.67. The number of unbranched alkanes of at least 4 members (excludes halogenated alkanes) is 2. The predicted molar refractivity (Wildman–Crippen MR) is 214 cm³/mol. The van der Waals surface area contributed by atoms with Crippen LogP contribution in [-0.4, -0.2) is 110 Å². The zero-order valence-corrected chi connectivity index (χ0v) is 34.8. The Hall–Kier alpha value is -4.13. The molecule has 2 aromatic rings. The molecule has 0 radical (unpaired) electrons. The van der Waals surface area contributed by atoms with Crippen molar-refractivity contribution >= 4 is 17.7 Å². The SMILES string of the molecule is CCCCC(=O)OC1=CC[C@@]2(OC(=O)CCCC)[C@H]3Cc4ccc(OC)c5c4[C@@]2(CCN3C)C1O5.COc1ccc2c3c1OC1C(=O)CC[C@@]4(O)[C@@H](C2)N(C)CC[C@]314. The summed E-state index contributed by atoms with van der Waals surface area (Å²) < 4.78 is 36.5. The quantitative estimate of drug-likeness (QED) is 0.305. The average molecular weight is 799 g/mol. The number of rotatable bonds is 10. The van der Waals surface area contributed by atoms with Crippen molar-refractivity contribution < 1.29 is 47.9 Å². The first-order valence-electron chi connectivity index (χ1n) is 21.5. The molecule has 4 aliphatic heterocycles. The van der Waals surface area contributed by atoms with Gasteiger partial charge in [-0.25, -0.2) is 0 Å². The molecule has 1 saturated carbocycles. The molecule has 4 bridgehead atoms. The summed E-state index contributed by atoms with van der Waals surface area (Å²) in [6, 6.07) is 8.12. The number of likely N-dealkylation sites (tertiary alicyclic amines) is 2. The van der Waals surface area contributed by atoms with E-state index in [1.807, 2.05) is 18.2 Å². The van der Waals surface area contributed by atoms with Crippen molar-refractivity contribution in [3.63, 3.8) is 0 Å². The number of piperidine rings is 2. The maximum Gasteiger partial charge on any atom is 0.310 e. The molecule has 2 aromatic carbocycles. The van der Waals surface area contributed by atoms with Crippen LogP contribution < -0.4 is 18.9 Å². The number of ketones is 1. The molecule has 8 atom stereocenters. The fourth-order valence-corrected chi connectivity index (χ4v) is 12.5. The fraction of sp³-hybridized carbons (Fsp3) is 0.630. The Labute approximate surface area is 341 Å². The molecular weight excluding hydrogens is 741 g/mol. The zero-order valence-electron chi connectivity index (χ0n) is 34.8. The molecule has 2 spiro atoms. The van der Waals surface area contributed by atoms with Crippen LogP contribution in [0.1, 0.15) is 107 Å². The topological polar surface area (TPSA) is 133 Å². The van der Waals surface area contributed by atoms with Gasteiger partial charge in [0.1, 0.15) is 11.4 Å². The lowest BCUT2D eigenvalue weighted by atomic mass is 9.49. The first-order chi connectivity index (χ1) is 27.9. The van der Waals surface area contributed by atoms with Crippen LogP contribution in [0.15, 0.2) is 36.1 Å². The predicted octanol–water partition coefficient (Wildman–Crippen LogP) is 5.50. The highest BCUT2D eigenvalue weighted by atomic mass is 16.6. The van der Waals surface area contributed by atoms with E-state index in [2.05, 4.69) is 49.9 Å². The van der Waals surface area contributed by atoms with Gasteiger partial charge in [-0.1, -0.05) is 38.8 Å². The molecule has 0 amide bonds. The molecule has 4 heterocycles. The second kappa shape index (κ2) is 14.3. The van der Waals surface area contributed by atoms with E-state index in [1.165, 1.54) is 11.1 Å². The Balaban J connectivity index is 0.000000163. The van der Waals surface area contributed by atoms with E-state index in [-0.39, 0.29) is 29.8 Å². The second-order valence-corrected chi connectivity index (χ2v) is 17.8. The van der Waals surface area contributed by atoms with Crippen LogP contribution in [0, 0.1) is 0 Å². The molecule has 1 N–H and O–H groups in total. The number of carbonyl (C=O) groups excluding carboxylic acids is 3. The molecule has 3 fully saturated rings. The van der Waals surface area contributed by atoms with E-state index < -0.39 is 34.2 Å². The maximum absolute atomic E-state index is 13.2. The van der Waals surface area contributed by atoms with Gasteiger partial charge in [0.2, 0.25) is 0 Å². The number of carbonyl (C=O) groups is 3. The number of Topliss-reactive ketones (excluding diaryl/α,β-unsaturated/α-hetero) is 1. The highest BCUT2D eigenvalue weighted by molar-refractivity contribution is 5.90. The van der Waals surface area contributed by atoms with Crippen LogP contribution in [0.2, 0.25) is 0 Å². The number of esters is 2. The molecular formula is C46H58N2O10. The van der Waals surface area contributed by atoms with Crippen molar-refractivity contribution in [2.24, 2.45) is 0 Å². The molecule has 8 aliphatic rings. The minimum Gasteiger partial charge on any atom is -0.493 e. The van der Waals surface area contributed by atoms with E-state index >= 15 is 0 Å². The molecule has 10 rings (SSSR count). The highest BCUT2D eigenvalue weighted by Gasteiger charge is 2.75. The van der Waals surface area contributed by atoms with Gasteiger partial charge in [0.15, 0.2) is 41.0 Å². The van der Waals surface area contributed by atoms with Crippen molar-refractivity contribution in [2.75, 3.05) is 41.4 Å². The number of methoxy groups -OCH3 is 2. The van der Waals surface area contributed by atoms with Crippen molar-refractivity contribution in [3.05, 3.63) is 58.4 Å². The first-order valence-corrected chi connectivity index (χ1v) is 21.5. The van der Waals surface area contributed by atoms with Gasteiger partial charge < -0.3 is 38.4 Å². The maximum atomic E-state index is 13.2. The summed E-state index contributed by atoms with van der Waals surface area (Å²) in [5.74, 6) is 2.96. The summed E-state index contributed by atoms with van der Waals surface area (Å²) in [5, 5.41) is 11.7. The van der Waals surface area contributed by atoms with Crippen molar-refractivity contribution in [1.82, 2.24) is 9.80 Å². The Morgan fingerprint density at radius 3 is 2.00 bits per heavy atom. The lowest BCUT2D eigenvalue weighted by molar-refractivity contribution is -0.206. The molecule has 2 saturated heterocycles. The number of aliphatic hydroxyl groups is 1. The van der Waals surface area contributed by atoms with Gasteiger partial charge in [-0.15, -0.1) is 0 Å². The van der Waals surface area contributed by atoms with E-state index in [0.717, 1.165) is 75.6 Å². The summed E-state index contributed by atoms with van der Waals surface area (Å²) in [7, 11) is 7.45. The van der Waals surface area contributed by atoms with Crippen LogP contribution in [0.5, 0.6) is 23.0 Å². The summed E-state index contributed by atoms with van der Waals surface area (Å²) in [4.78, 5) is 43.1. The smallest absolute Gasteiger partial charge is 0.310 e. The lowest BCUT2D eigenvalue weighted by Gasteiger charge is -2.62. The average Bonchev–Trinajstić information content (AvgIpc) is 3.77. The third kappa shape index (κ3) is 5.19. The van der Waals surface area contributed by atoms with Crippen molar-refractivity contribution in [1.29, 1.82) is 0 Å². The number of ether oxygens (including phenoxy) is 6. The summed E-state index contributed by atoms with van der Waals surface area (Å²) in [6.07, 6.45) is 9.51. The minimum atomic E-state index is -0.900. The molecule has 12 nitrogen and oxygen atoms in total. The van der Waals surface area contributed by atoms with Crippen LogP contribution in [0.3, 0.4) is 0 Å². The number of hydrogen-bond acceptors (Lipinski definition) is 12. The van der Waals surface area contributed by atoms with Crippen molar-refractivity contribution in [2.45, 2.75) is 144 Å². The van der Waals surface area contributed by atoms with E-state index in [1.54, 1.807) is 14.2 Å². The molecule has 58 heavy (non-hydrogen) atoms. The van der Waals surface area contributed by atoms with E-state index in [4.69, 9.17) is 28.4 Å². The first kappa shape index (κ1) is 39.3. The summed E-state index contributed by atoms with van der Waals surface area (Å²) >= 11 is 0. The Morgan fingerprint density at radius 1 is 0.793 bits per heavy atom. The lowest BCUT2D eigenvalue weighted by Crippen LogP contribution is -2.76. The Morgan fingerprint density at radius 2 is 1.36 bits per heavy atom. The van der Waals surface area contributed by atoms with Gasteiger partial charge in [-0.05, 0) is 101 Å². The molecule has 0 aromatic heterocycles. The fourth-order valence-electron chi connectivity index (χ4n) is 12.5. The molecule has 4 aliphatic carbocycles. The van der Waals surface area contributed by atoms with E-state index in [9.17, 15) is 19.5 Å². The molecule has 312 valence electrons. The van der Waals surface area contributed by atoms with Gasteiger partial charge in [0.25, 0.3) is 0 Å². The summed E-state index contributed by atoms with van der Waals surface area (Å²) in [5.41, 5.74) is 1.59. The van der Waals surface area contributed by atoms with E-state index in [0.29, 0.717) is 60.9 Å². The van der Waals surface area contributed by atoms with Crippen LogP contribution >= 0.6 is 0 Å². The third-order valence-electron chi connectivity index (χ3n) is 15.2. The van der Waals surface area contributed by atoms with Gasteiger partial charge in [0, 0.05) is 42.9 Å². The van der Waals surface area contributed by atoms with Gasteiger partial charge in [-0.3, -0.25) is 19.3 Å². The Bertz CT molecular complexity index is 2070. The van der Waals surface area contributed by atoms with Gasteiger partial charge >= 0.3 is 11.9 Å². The number of nitrogens with zero attached hydrogens (tertiary/aromatic N) is 2. The monoisotopic (exact) mass is 798 g/mol. The standard InChI is InChI=1S/C28H37NO6.C18H21NO4/c1-5-7-9-22(30)33-20-13-14-28(35-23(31)10-8-6-2)21-17-18-11-12-19(32-4)25-24(18)27(28,26(20)34-25)15-16-29(21)3;1-19-8-7-17-14-10-3-4-12(22-2)15(14)23-16(17)11(20)5-6-18(17,21)13(19)9-10/h11-13,21,26H,5-10,14-17H2,1-4H3;3-4,13,16,21H,5-9H2,1-2H3/t21-,26?,27+,28-;13-,16?,17+,18-/m11/s1. The number of likely N-dealkylation sites (N-methyl/N-ethyl adjacent to an activating group) is 2. The van der Waals surface area contributed by atoms with Crippen molar-refractivity contribution in [3.8, 4) is 23.0 Å². The molecule has 2 unspecified atom stereocenters. The van der Waals surface area contributed by atoms with Gasteiger partial charge in [0.05, 0.1) is 36.7 Å². The highest BCUT2D eigenvalue weighted by Crippen LogP contribution is 2.67. The largest absolute Gasteiger partial charge is 0.493 e. The second-order valence-electron chi connectivity index (χ2n) is 17.8. The van der Waals surface area contributed by atoms with Crippen LogP contribution in [0.4, 0.5) is 0 Å².